The van der Waals surface area contributed by atoms with Gasteiger partial charge in [-0.05, 0) is 30.5 Å². The van der Waals surface area contributed by atoms with Gasteiger partial charge in [-0.25, -0.2) is 0 Å². The van der Waals surface area contributed by atoms with Crippen molar-refractivity contribution in [2.45, 2.75) is 32.2 Å². The van der Waals surface area contributed by atoms with E-state index >= 15 is 0 Å². The first-order chi connectivity index (χ1) is 9.70. The fraction of sp³-hybridized carbons (Fsp3) is 0.471. The molecule has 3 heteroatoms. The quantitative estimate of drug-likeness (QED) is 0.855. The molecule has 1 aliphatic carbocycles. The molecule has 0 heterocycles. The minimum Gasteiger partial charge on any atom is -0.341 e. The number of nitrogens with two attached hydrogens (primary N) is 1. The van der Waals surface area contributed by atoms with Crippen molar-refractivity contribution in [3.8, 4) is 11.8 Å². The number of nitrogens with zero attached hydrogens (tertiary/aromatic N) is 1. The molecule has 0 saturated heterocycles. The van der Waals surface area contributed by atoms with E-state index in [1.807, 2.05) is 36.2 Å². The smallest absolute Gasteiger partial charge is 0.225 e. The van der Waals surface area contributed by atoms with Crippen LogP contribution in [-0.2, 0) is 11.3 Å². The lowest BCUT2D eigenvalue weighted by Crippen LogP contribution is -2.31. The average Bonchev–Trinajstić information content (AvgIpc) is 3.00. The Morgan fingerprint density at radius 3 is 2.55 bits per heavy atom. The molecule has 1 aliphatic rings. The van der Waals surface area contributed by atoms with Gasteiger partial charge in [-0.3, -0.25) is 4.79 Å². The highest BCUT2D eigenvalue weighted by Gasteiger charge is 2.25. The van der Waals surface area contributed by atoms with E-state index in [-0.39, 0.29) is 11.8 Å². The minimum atomic E-state index is 0.245. The van der Waals surface area contributed by atoms with Crippen molar-refractivity contribution in [2.24, 2.45) is 11.7 Å². The zero-order valence-electron chi connectivity index (χ0n) is 12.1. The predicted molar refractivity (Wildman–Crippen MR) is 80.8 cm³/mol. The number of carbonyl (C=O) groups is 1. The highest BCUT2D eigenvalue weighted by atomic mass is 16.2. The van der Waals surface area contributed by atoms with Crippen LogP contribution in [0.15, 0.2) is 24.3 Å². The van der Waals surface area contributed by atoms with Gasteiger partial charge in [-0.2, -0.15) is 0 Å². The average molecular weight is 270 g/mol. The number of carbonyl (C=O) groups excluding carboxylic acids is 1. The van der Waals surface area contributed by atoms with Crippen LogP contribution in [0.4, 0.5) is 0 Å². The van der Waals surface area contributed by atoms with Crippen LogP contribution in [0.5, 0.6) is 0 Å². The second kappa shape index (κ2) is 7.12. The van der Waals surface area contributed by atoms with Gasteiger partial charge in [0.05, 0.1) is 6.54 Å². The normalized spacial score (nSPS) is 14.7. The Kier molecular flexibility index (Phi) is 5.20. The molecule has 0 unspecified atom stereocenters. The summed E-state index contributed by atoms with van der Waals surface area (Å²) in [5.41, 5.74) is 7.45. The zero-order valence-corrected chi connectivity index (χ0v) is 12.1. The van der Waals surface area contributed by atoms with Gasteiger partial charge < -0.3 is 10.6 Å². The number of amides is 1. The van der Waals surface area contributed by atoms with Crippen molar-refractivity contribution in [1.29, 1.82) is 0 Å². The minimum absolute atomic E-state index is 0.245. The molecule has 2 rings (SSSR count). The lowest BCUT2D eigenvalue weighted by molar-refractivity contribution is -0.134. The summed E-state index contributed by atoms with van der Waals surface area (Å²) < 4.78 is 0. The van der Waals surface area contributed by atoms with Crippen molar-refractivity contribution in [1.82, 2.24) is 4.90 Å². The van der Waals surface area contributed by atoms with E-state index < -0.39 is 0 Å². The highest BCUT2D eigenvalue weighted by molar-refractivity contribution is 5.78. The van der Waals surface area contributed by atoms with E-state index in [2.05, 4.69) is 11.8 Å². The first-order valence-corrected chi connectivity index (χ1v) is 7.23. The molecular weight excluding hydrogens is 248 g/mol. The van der Waals surface area contributed by atoms with Crippen molar-refractivity contribution >= 4 is 5.91 Å². The van der Waals surface area contributed by atoms with Crippen molar-refractivity contribution in [3.05, 3.63) is 35.4 Å². The summed E-state index contributed by atoms with van der Waals surface area (Å²) in [5, 5.41) is 0. The van der Waals surface area contributed by atoms with Gasteiger partial charge in [-0.1, -0.05) is 36.8 Å². The van der Waals surface area contributed by atoms with Gasteiger partial charge in [0.25, 0.3) is 0 Å². The summed E-state index contributed by atoms with van der Waals surface area (Å²) in [7, 11) is 1.89. The van der Waals surface area contributed by atoms with E-state index in [9.17, 15) is 4.79 Å². The Bertz CT molecular complexity index is 504. The largest absolute Gasteiger partial charge is 0.341 e. The first kappa shape index (κ1) is 14.6. The lowest BCUT2D eigenvalue weighted by Gasteiger charge is -2.21. The predicted octanol–water partition coefficient (Wildman–Crippen LogP) is 2.15. The molecular formula is C17H22N2O. The molecule has 0 radical (unpaired) electrons. The molecule has 1 saturated carbocycles. The van der Waals surface area contributed by atoms with Gasteiger partial charge in [0, 0.05) is 25.1 Å². The van der Waals surface area contributed by atoms with Crippen LogP contribution in [0.3, 0.4) is 0 Å². The summed E-state index contributed by atoms with van der Waals surface area (Å²) in [4.78, 5) is 14.1. The van der Waals surface area contributed by atoms with E-state index in [0.717, 1.165) is 24.0 Å². The zero-order chi connectivity index (χ0) is 14.4. The molecule has 0 bridgehead atoms. The van der Waals surface area contributed by atoms with Crippen LogP contribution in [0.2, 0.25) is 0 Å². The standard InChI is InChI=1S/C17H22N2O/c1-19(17(20)16-6-2-3-7-16)13-15-10-8-14(9-11-15)5-4-12-18/h8-11,16H,2-3,6-7,12-13,18H2,1H3. The maximum Gasteiger partial charge on any atom is 0.225 e. The molecule has 1 aromatic carbocycles. The Hall–Kier alpha value is -1.79. The van der Waals surface area contributed by atoms with Crippen LogP contribution >= 0.6 is 0 Å². The second-order valence-corrected chi connectivity index (χ2v) is 5.38. The van der Waals surface area contributed by atoms with E-state index in [1.54, 1.807) is 0 Å². The van der Waals surface area contributed by atoms with Crippen LogP contribution in [0.1, 0.15) is 36.8 Å². The number of benzene rings is 1. The third-order valence-corrected chi connectivity index (χ3v) is 3.79. The fourth-order valence-corrected chi connectivity index (χ4v) is 2.68. The lowest BCUT2D eigenvalue weighted by atomic mass is 10.1. The number of hydrogen-bond donors (Lipinski definition) is 1. The van der Waals surface area contributed by atoms with Crippen molar-refractivity contribution < 1.29 is 4.79 Å². The molecule has 2 N–H and O–H groups in total. The monoisotopic (exact) mass is 270 g/mol. The van der Waals surface area contributed by atoms with Gasteiger partial charge in [-0.15, -0.1) is 0 Å². The maximum absolute atomic E-state index is 12.2. The topological polar surface area (TPSA) is 46.3 Å². The molecule has 1 aromatic rings. The summed E-state index contributed by atoms with van der Waals surface area (Å²) in [6.07, 6.45) is 4.49. The van der Waals surface area contributed by atoms with Crippen LogP contribution in [0, 0.1) is 17.8 Å². The Balaban J connectivity index is 1.93. The van der Waals surface area contributed by atoms with Crippen molar-refractivity contribution in [3.63, 3.8) is 0 Å². The SMILES string of the molecule is CN(Cc1ccc(C#CCN)cc1)C(=O)C1CCCC1. The molecule has 0 spiro atoms. The molecule has 0 aliphatic heterocycles. The Morgan fingerprint density at radius 1 is 1.30 bits per heavy atom. The molecule has 3 nitrogen and oxygen atoms in total. The third-order valence-electron chi connectivity index (χ3n) is 3.79. The van der Waals surface area contributed by atoms with Gasteiger partial charge in [0.1, 0.15) is 0 Å². The van der Waals surface area contributed by atoms with Gasteiger partial charge >= 0.3 is 0 Å². The number of hydrogen-bond acceptors (Lipinski definition) is 2. The Labute approximate surface area is 121 Å². The van der Waals surface area contributed by atoms with Gasteiger partial charge in [0.2, 0.25) is 5.91 Å². The molecule has 0 atom stereocenters. The van der Waals surface area contributed by atoms with E-state index in [1.165, 1.54) is 12.8 Å². The Morgan fingerprint density at radius 2 is 1.95 bits per heavy atom. The number of rotatable bonds is 3. The molecule has 0 aromatic heterocycles. The van der Waals surface area contributed by atoms with E-state index in [4.69, 9.17) is 5.73 Å². The van der Waals surface area contributed by atoms with Crippen LogP contribution in [-0.4, -0.2) is 24.4 Å². The van der Waals surface area contributed by atoms with Crippen LogP contribution < -0.4 is 5.73 Å². The van der Waals surface area contributed by atoms with Crippen molar-refractivity contribution in [2.75, 3.05) is 13.6 Å². The first-order valence-electron chi connectivity index (χ1n) is 7.23. The fourth-order valence-electron chi connectivity index (χ4n) is 2.68. The van der Waals surface area contributed by atoms with E-state index in [0.29, 0.717) is 13.1 Å². The van der Waals surface area contributed by atoms with Crippen LogP contribution in [0.25, 0.3) is 0 Å². The summed E-state index contributed by atoms with van der Waals surface area (Å²) in [6, 6.07) is 8.01. The highest BCUT2D eigenvalue weighted by Crippen LogP contribution is 2.26. The molecule has 106 valence electrons. The molecule has 1 amide bonds. The summed E-state index contributed by atoms with van der Waals surface area (Å²) in [6.45, 7) is 1.04. The van der Waals surface area contributed by atoms with Gasteiger partial charge in [0.15, 0.2) is 0 Å². The molecule has 1 fully saturated rings. The third kappa shape index (κ3) is 3.85. The second-order valence-electron chi connectivity index (χ2n) is 5.38. The molecule has 20 heavy (non-hydrogen) atoms. The maximum atomic E-state index is 12.2. The summed E-state index contributed by atoms with van der Waals surface area (Å²) in [5.74, 6) is 6.36. The summed E-state index contributed by atoms with van der Waals surface area (Å²) >= 11 is 0.